The molecule has 1 aliphatic rings. The van der Waals surface area contributed by atoms with Gasteiger partial charge in [-0.2, -0.15) is 0 Å². The fraction of sp³-hybridized carbons (Fsp3) is 0.455. The minimum Gasteiger partial charge on any atom is -0.385 e. The lowest BCUT2D eigenvalue weighted by molar-refractivity contribution is 0.130. The van der Waals surface area contributed by atoms with E-state index in [1.165, 1.54) is 12.1 Å². The Bertz CT molecular complexity index is 366. The molecule has 2 unspecified atom stereocenters. The van der Waals surface area contributed by atoms with E-state index in [0.717, 1.165) is 12.8 Å². The largest absolute Gasteiger partial charge is 0.385 e. The Labute approximate surface area is 87.5 Å². The van der Waals surface area contributed by atoms with Crippen LogP contribution in [-0.2, 0) is 5.60 Å². The minimum atomic E-state index is -0.806. The van der Waals surface area contributed by atoms with Gasteiger partial charge in [-0.3, -0.25) is 0 Å². The molecule has 2 atom stereocenters. The van der Waals surface area contributed by atoms with Crippen LogP contribution in [0.15, 0.2) is 18.2 Å². The first-order chi connectivity index (χ1) is 6.58. The number of aliphatic hydroxyl groups is 1. The lowest BCUT2D eigenvalue weighted by Crippen LogP contribution is -2.09. The maximum Gasteiger partial charge on any atom is 0.124 e. The molecule has 1 fully saturated rings. The van der Waals surface area contributed by atoms with Gasteiger partial charge in [-0.1, -0.05) is 31.0 Å². The highest BCUT2D eigenvalue weighted by Gasteiger charge is 2.53. The summed E-state index contributed by atoms with van der Waals surface area (Å²) in [6.45, 7) is 2.03. The molecule has 0 saturated heterocycles. The molecule has 76 valence electrons. The van der Waals surface area contributed by atoms with Crippen LogP contribution in [0.1, 0.15) is 25.3 Å². The highest BCUT2D eigenvalue weighted by atomic mass is 35.5. The zero-order valence-corrected chi connectivity index (χ0v) is 8.68. The second-order valence-corrected chi connectivity index (χ2v) is 4.26. The summed E-state index contributed by atoms with van der Waals surface area (Å²) in [4.78, 5) is 0. The second kappa shape index (κ2) is 3.21. The third kappa shape index (κ3) is 1.43. The Hall–Kier alpha value is -0.600. The van der Waals surface area contributed by atoms with Gasteiger partial charge in [0.25, 0.3) is 0 Å². The first-order valence-corrected chi connectivity index (χ1v) is 5.13. The number of hydrogen-bond donors (Lipinski definition) is 1. The quantitative estimate of drug-likeness (QED) is 0.802. The molecule has 14 heavy (non-hydrogen) atoms. The van der Waals surface area contributed by atoms with Crippen molar-refractivity contribution in [1.82, 2.24) is 0 Å². The Morgan fingerprint density at radius 3 is 2.86 bits per heavy atom. The molecule has 0 radical (unpaired) electrons. The van der Waals surface area contributed by atoms with E-state index in [1.54, 1.807) is 6.07 Å². The van der Waals surface area contributed by atoms with Crippen molar-refractivity contribution >= 4 is 11.6 Å². The zero-order valence-electron chi connectivity index (χ0n) is 7.93. The first-order valence-electron chi connectivity index (χ1n) is 4.76. The van der Waals surface area contributed by atoms with Crippen LogP contribution in [0.2, 0.25) is 5.02 Å². The molecule has 1 saturated carbocycles. The zero-order chi connectivity index (χ0) is 10.3. The van der Waals surface area contributed by atoms with E-state index in [0.29, 0.717) is 10.6 Å². The van der Waals surface area contributed by atoms with Gasteiger partial charge in [0.1, 0.15) is 5.82 Å². The van der Waals surface area contributed by atoms with Gasteiger partial charge in [-0.25, -0.2) is 4.39 Å². The molecular weight excluding hydrogens is 203 g/mol. The summed E-state index contributed by atoms with van der Waals surface area (Å²) in [5, 5.41) is 10.4. The predicted molar refractivity (Wildman–Crippen MR) is 53.7 cm³/mol. The van der Waals surface area contributed by atoms with Crippen LogP contribution in [-0.4, -0.2) is 5.11 Å². The van der Waals surface area contributed by atoms with Gasteiger partial charge < -0.3 is 5.11 Å². The van der Waals surface area contributed by atoms with Crippen LogP contribution < -0.4 is 0 Å². The molecule has 0 bridgehead atoms. The van der Waals surface area contributed by atoms with Gasteiger partial charge in [0, 0.05) is 10.6 Å². The normalized spacial score (nSPS) is 30.4. The van der Waals surface area contributed by atoms with E-state index in [4.69, 9.17) is 11.6 Å². The fourth-order valence-corrected chi connectivity index (χ4v) is 2.30. The Morgan fingerprint density at radius 2 is 2.36 bits per heavy atom. The molecule has 0 amide bonds. The standard InChI is InChI=1S/C11H12ClFO/c1-2-7-6-11(7,14)9-4-3-8(13)5-10(9)12/h3-5,7,14H,2,6H2,1H3. The molecule has 0 aromatic heterocycles. The molecule has 1 aromatic carbocycles. The molecule has 2 rings (SSSR count). The van der Waals surface area contributed by atoms with E-state index < -0.39 is 5.60 Å². The Balaban J connectivity index is 2.34. The molecular formula is C11H12ClFO. The van der Waals surface area contributed by atoms with Crippen LogP contribution >= 0.6 is 11.6 Å². The Kier molecular flexibility index (Phi) is 2.28. The van der Waals surface area contributed by atoms with Crippen LogP contribution in [0.4, 0.5) is 4.39 Å². The fourth-order valence-electron chi connectivity index (χ4n) is 1.97. The summed E-state index contributed by atoms with van der Waals surface area (Å²) in [6, 6.07) is 4.16. The van der Waals surface area contributed by atoms with Crippen LogP contribution in [0, 0.1) is 11.7 Å². The average Bonchev–Trinajstić information content (AvgIpc) is 2.77. The molecule has 1 aromatic rings. The van der Waals surface area contributed by atoms with Crippen LogP contribution in [0.5, 0.6) is 0 Å². The Morgan fingerprint density at radius 1 is 1.64 bits per heavy atom. The van der Waals surface area contributed by atoms with Crippen LogP contribution in [0.3, 0.4) is 0 Å². The van der Waals surface area contributed by atoms with Crippen LogP contribution in [0.25, 0.3) is 0 Å². The SMILES string of the molecule is CCC1CC1(O)c1ccc(F)cc1Cl. The monoisotopic (exact) mass is 214 g/mol. The maximum absolute atomic E-state index is 12.8. The average molecular weight is 215 g/mol. The first kappa shape index (κ1) is 9.94. The topological polar surface area (TPSA) is 20.2 Å². The van der Waals surface area contributed by atoms with E-state index in [1.807, 2.05) is 6.92 Å². The van der Waals surface area contributed by atoms with E-state index in [9.17, 15) is 9.50 Å². The summed E-state index contributed by atoms with van der Waals surface area (Å²) in [7, 11) is 0. The summed E-state index contributed by atoms with van der Waals surface area (Å²) >= 11 is 5.88. The van der Waals surface area contributed by atoms with Gasteiger partial charge in [0.05, 0.1) is 5.60 Å². The van der Waals surface area contributed by atoms with Gasteiger partial charge in [0.15, 0.2) is 0 Å². The summed E-state index contributed by atoms with van der Waals surface area (Å²) in [5.74, 6) is -0.0958. The van der Waals surface area contributed by atoms with Crippen molar-refractivity contribution < 1.29 is 9.50 Å². The highest BCUT2D eigenvalue weighted by molar-refractivity contribution is 6.31. The number of hydrogen-bond acceptors (Lipinski definition) is 1. The third-order valence-corrected chi connectivity index (χ3v) is 3.28. The van der Waals surface area contributed by atoms with E-state index in [2.05, 4.69) is 0 Å². The summed E-state index contributed by atoms with van der Waals surface area (Å²) in [5.41, 5.74) is -0.146. The molecule has 1 aliphatic carbocycles. The van der Waals surface area contributed by atoms with Crippen molar-refractivity contribution in [3.05, 3.63) is 34.6 Å². The summed E-state index contributed by atoms with van der Waals surface area (Å²) < 4.78 is 12.8. The van der Waals surface area contributed by atoms with Gasteiger partial charge in [0.2, 0.25) is 0 Å². The second-order valence-electron chi connectivity index (χ2n) is 3.86. The smallest absolute Gasteiger partial charge is 0.124 e. The molecule has 0 spiro atoms. The third-order valence-electron chi connectivity index (χ3n) is 2.96. The summed E-state index contributed by atoms with van der Waals surface area (Å²) in [6.07, 6.45) is 1.65. The van der Waals surface area contributed by atoms with E-state index >= 15 is 0 Å². The number of halogens is 2. The van der Waals surface area contributed by atoms with E-state index in [-0.39, 0.29) is 11.7 Å². The minimum absolute atomic E-state index is 0.269. The predicted octanol–water partition coefficient (Wildman–Crippen LogP) is 3.10. The maximum atomic E-state index is 12.8. The highest BCUT2D eigenvalue weighted by Crippen LogP contribution is 2.55. The molecule has 3 heteroatoms. The number of benzene rings is 1. The molecule has 0 aliphatic heterocycles. The van der Waals surface area contributed by atoms with Gasteiger partial charge in [-0.05, 0) is 24.5 Å². The molecule has 1 N–H and O–H groups in total. The molecule has 1 nitrogen and oxygen atoms in total. The molecule has 0 heterocycles. The van der Waals surface area contributed by atoms with Gasteiger partial charge >= 0.3 is 0 Å². The van der Waals surface area contributed by atoms with Crippen molar-refractivity contribution in [1.29, 1.82) is 0 Å². The lowest BCUT2D eigenvalue weighted by Gasteiger charge is -2.12. The van der Waals surface area contributed by atoms with Crippen molar-refractivity contribution in [2.24, 2.45) is 5.92 Å². The number of rotatable bonds is 2. The lowest BCUT2D eigenvalue weighted by atomic mass is 10.0. The van der Waals surface area contributed by atoms with Crippen molar-refractivity contribution in [2.45, 2.75) is 25.4 Å². The van der Waals surface area contributed by atoms with Gasteiger partial charge in [-0.15, -0.1) is 0 Å². The van der Waals surface area contributed by atoms with Crippen molar-refractivity contribution in [3.63, 3.8) is 0 Å². The van der Waals surface area contributed by atoms with Crippen molar-refractivity contribution in [3.8, 4) is 0 Å². The van der Waals surface area contributed by atoms with Crippen molar-refractivity contribution in [2.75, 3.05) is 0 Å².